The number of allylic oxidation sites excluding steroid dienone is 2. The Bertz CT molecular complexity index is 1590. The van der Waals surface area contributed by atoms with E-state index in [0.29, 0.717) is 47.0 Å². The maximum absolute atomic E-state index is 13.8. The standard InChI is InChI=1S/C33H34N4O5/c1-19-28(32(40)37-27-11-7-8-14-35-27)29(30-23(36-19)16-33(2,3)17-24(30)38)20-12-13-25(41-4)21(15-20)18-42-26-10-6-5-9-22(26)31(34)39/h5-15,28-29,36H,1,16-18H2,2-4H3,(H2,34,39)(H,35,37,40). The van der Waals surface area contributed by atoms with Crippen LogP contribution in [0.25, 0.3) is 0 Å². The van der Waals surface area contributed by atoms with Crippen LogP contribution in [0, 0.1) is 11.3 Å². The molecule has 3 aromatic rings. The van der Waals surface area contributed by atoms with Crippen molar-refractivity contribution in [1.29, 1.82) is 0 Å². The molecule has 2 amide bonds. The fourth-order valence-electron chi connectivity index (χ4n) is 5.81. The van der Waals surface area contributed by atoms with Crippen LogP contribution in [0.4, 0.5) is 5.82 Å². The number of methoxy groups -OCH3 is 1. The first-order valence-electron chi connectivity index (χ1n) is 13.7. The molecule has 4 N–H and O–H groups in total. The number of para-hydroxylation sites is 1. The van der Waals surface area contributed by atoms with Crippen LogP contribution < -0.4 is 25.8 Å². The summed E-state index contributed by atoms with van der Waals surface area (Å²) in [6.45, 7) is 8.40. The molecule has 2 aromatic carbocycles. The molecule has 9 heteroatoms. The molecule has 2 heterocycles. The van der Waals surface area contributed by atoms with E-state index in [-0.39, 0.29) is 29.3 Å². The molecule has 216 valence electrons. The highest BCUT2D eigenvalue weighted by Crippen LogP contribution is 2.48. The summed E-state index contributed by atoms with van der Waals surface area (Å²) in [5, 5.41) is 6.20. The topological polar surface area (TPSA) is 133 Å². The summed E-state index contributed by atoms with van der Waals surface area (Å²) < 4.78 is 11.6. The number of Topliss-reactive ketones (excluding diaryl/α,β-unsaturated/α-hetero) is 1. The number of hydrogen-bond donors (Lipinski definition) is 3. The first-order valence-corrected chi connectivity index (χ1v) is 13.7. The maximum Gasteiger partial charge on any atom is 0.252 e. The van der Waals surface area contributed by atoms with E-state index in [9.17, 15) is 14.4 Å². The predicted octanol–water partition coefficient (Wildman–Crippen LogP) is 4.87. The van der Waals surface area contributed by atoms with Gasteiger partial charge in [-0.05, 0) is 53.8 Å². The molecular formula is C33H34N4O5. The number of primary amides is 1. The van der Waals surface area contributed by atoms with Gasteiger partial charge in [0.1, 0.15) is 23.9 Å². The van der Waals surface area contributed by atoms with Gasteiger partial charge in [-0.1, -0.05) is 44.7 Å². The van der Waals surface area contributed by atoms with Gasteiger partial charge in [-0.15, -0.1) is 0 Å². The number of ketones is 1. The van der Waals surface area contributed by atoms with Gasteiger partial charge in [-0.3, -0.25) is 14.4 Å². The third-order valence-electron chi connectivity index (χ3n) is 7.65. The summed E-state index contributed by atoms with van der Waals surface area (Å²) in [7, 11) is 1.55. The third kappa shape index (κ3) is 5.76. The van der Waals surface area contributed by atoms with Gasteiger partial charge in [-0.25, -0.2) is 4.98 Å². The van der Waals surface area contributed by atoms with Crippen molar-refractivity contribution >= 4 is 23.4 Å². The maximum atomic E-state index is 13.8. The molecule has 1 aromatic heterocycles. The van der Waals surface area contributed by atoms with E-state index in [4.69, 9.17) is 15.2 Å². The third-order valence-corrected chi connectivity index (χ3v) is 7.65. The number of ether oxygens (including phenoxy) is 2. The Labute approximate surface area is 244 Å². The van der Waals surface area contributed by atoms with Gasteiger partial charge in [0.15, 0.2) is 5.78 Å². The van der Waals surface area contributed by atoms with Gasteiger partial charge in [0.25, 0.3) is 5.91 Å². The lowest BCUT2D eigenvalue weighted by molar-refractivity contribution is -0.120. The van der Waals surface area contributed by atoms with E-state index in [1.807, 2.05) is 12.1 Å². The van der Waals surface area contributed by atoms with Crippen molar-refractivity contribution in [2.75, 3.05) is 12.4 Å². The number of nitrogens with two attached hydrogens (primary N) is 1. The van der Waals surface area contributed by atoms with Crippen molar-refractivity contribution in [2.45, 2.75) is 39.2 Å². The Hall–Kier alpha value is -4.92. The Kier molecular flexibility index (Phi) is 7.85. The number of rotatable bonds is 8. The fraction of sp³-hybridized carbons (Fsp3) is 0.273. The molecule has 9 nitrogen and oxygen atoms in total. The summed E-state index contributed by atoms with van der Waals surface area (Å²) in [5.41, 5.74) is 8.85. The number of carbonyl (C=O) groups is 3. The molecule has 2 unspecified atom stereocenters. The van der Waals surface area contributed by atoms with Crippen LogP contribution in [0.3, 0.4) is 0 Å². The van der Waals surface area contributed by atoms with Crippen LogP contribution >= 0.6 is 0 Å². The minimum Gasteiger partial charge on any atom is -0.496 e. The van der Waals surface area contributed by atoms with Crippen LogP contribution in [0.1, 0.15) is 54.1 Å². The van der Waals surface area contributed by atoms with Crippen molar-refractivity contribution in [3.8, 4) is 11.5 Å². The highest BCUT2D eigenvalue weighted by molar-refractivity contribution is 6.03. The second-order valence-electron chi connectivity index (χ2n) is 11.4. The number of hydrogen-bond acceptors (Lipinski definition) is 7. The van der Waals surface area contributed by atoms with E-state index in [2.05, 4.69) is 36.0 Å². The first-order chi connectivity index (χ1) is 20.1. The average molecular weight is 567 g/mol. The van der Waals surface area contributed by atoms with Gasteiger partial charge in [0, 0.05) is 41.1 Å². The molecule has 0 spiro atoms. The number of nitrogens with one attached hydrogen (secondary N) is 2. The van der Waals surface area contributed by atoms with Gasteiger partial charge >= 0.3 is 0 Å². The van der Waals surface area contributed by atoms with Crippen LogP contribution in [-0.2, 0) is 16.2 Å². The predicted molar refractivity (Wildman–Crippen MR) is 159 cm³/mol. The molecule has 0 radical (unpaired) electrons. The molecule has 42 heavy (non-hydrogen) atoms. The zero-order valence-corrected chi connectivity index (χ0v) is 23.9. The van der Waals surface area contributed by atoms with Gasteiger partial charge < -0.3 is 25.8 Å². The molecule has 1 aliphatic heterocycles. The zero-order chi connectivity index (χ0) is 30.0. The lowest BCUT2D eigenvalue weighted by atomic mass is 9.66. The number of nitrogens with zero attached hydrogens (tertiary/aromatic N) is 1. The highest BCUT2D eigenvalue weighted by atomic mass is 16.5. The molecule has 5 rings (SSSR count). The van der Waals surface area contributed by atoms with Crippen LogP contribution in [-0.4, -0.2) is 29.7 Å². The summed E-state index contributed by atoms with van der Waals surface area (Å²) in [6, 6.07) is 17.5. The van der Waals surface area contributed by atoms with Crippen LogP contribution in [0.5, 0.6) is 11.5 Å². The Morgan fingerprint density at radius 3 is 2.57 bits per heavy atom. The van der Waals surface area contributed by atoms with E-state index < -0.39 is 17.7 Å². The van der Waals surface area contributed by atoms with Crippen LogP contribution in [0.2, 0.25) is 0 Å². The number of aromatic nitrogens is 1. The Morgan fingerprint density at radius 2 is 1.86 bits per heavy atom. The zero-order valence-electron chi connectivity index (χ0n) is 23.9. The van der Waals surface area contributed by atoms with Crippen LogP contribution in [0.15, 0.2) is 90.4 Å². The number of benzene rings is 2. The number of anilines is 1. The molecule has 0 saturated carbocycles. The molecular weight excluding hydrogens is 532 g/mol. The van der Waals surface area contributed by atoms with Crippen molar-refractivity contribution in [2.24, 2.45) is 17.1 Å². The average Bonchev–Trinajstić information content (AvgIpc) is 2.95. The quantitative estimate of drug-likeness (QED) is 0.354. The number of amides is 2. The normalized spacial score (nSPS) is 19.4. The van der Waals surface area contributed by atoms with E-state index in [0.717, 1.165) is 11.3 Å². The van der Waals surface area contributed by atoms with E-state index in [1.54, 1.807) is 61.8 Å². The largest absolute Gasteiger partial charge is 0.496 e. The Morgan fingerprint density at radius 1 is 1.10 bits per heavy atom. The smallest absolute Gasteiger partial charge is 0.252 e. The summed E-state index contributed by atoms with van der Waals surface area (Å²) in [5.74, 6) is -1.04. The molecule has 0 saturated heterocycles. The lowest BCUT2D eigenvalue weighted by Gasteiger charge is -2.42. The van der Waals surface area contributed by atoms with Crippen molar-refractivity contribution < 1.29 is 23.9 Å². The molecule has 0 bridgehead atoms. The van der Waals surface area contributed by atoms with E-state index in [1.165, 1.54) is 0 Å². The van der Waals surface area contributed by atoms with Crippen molar-refractivity contribution in [1.82, 2.24) is 10.3 Å². The molecule has 2 aliphatic rings. The molecule has 2 atom stereocenters. The SMILES string of the molecule is C=C1NC2=C(C(=O)CC(C)(C)C2)C(c2ccc(OC)c(COc3ccccc3C(N)=O)c2)C1C(=O)Nc1ccccn1. The summed E-state index contributed by atoms with van der Waals surface area (Å²) >= 11 is 0. The molecule has 0 fully saturated rings. The van der Waals surface area contributed by atoms with Gasteiger partial charge in [0.2, 0.25) is 5.91 Å². The van der Waals surface area contributed by atoms with Crippen molar-refractivity contribution in [3.05, 3.63) is 107 Å². The first kappa shape index (κ1) is 28.6. The van der Waals surface area contributed by atoms with Crippen molar-refractivity contribution in [3.63, 3.8) is 0 Å². The minimum atomic E-state index is -0.798. The van der Waals surface area contributed by atoms with Gasteiger partial charge in [0.05, 0.1) is 18.6 Å². The number of carbonyl (C=O) groups excluding carboxylic acids is 3. The van der Waals surface area contributed by atoms with Gasteiger partial charge in [-0.2, -0.15) is 0 Å². The molecule has 1 aliphatic carbocycles. The minimum absolute atomic E-state index is 0.00844. The summed E-state index contributed by atoms with van der Waals surface area (Å²) in [4.78, 5) is 43.7. The summed E-state index contributed by atoms with van der Waals surface area (Å²) in [6.07, 6.45) is 2.61. The highest BCUT2D eigenvalue weighted by Gasteiger charge is 2.46. The lowest BCUT2D eigenvalue weighted by Crippen LogP contribution is -2.44. The fourth-order valence-corrected chi connectivity index (χ4v) is 5.81. The second-order valence-corrected chi connectivity index (χ2v) is 11.4. The monoisotopic (exact) mass is 566 g/mol. The number of pyridine rings is 1. The van der Waals surface area contributed by atoms with E-state index >= 15 is 0 Å². The second kappa shape index (κ2) is 11.5. The Balaban J connectivity index is 1.57.